The molecule has 0 amide bonds. The Morgan fingerprint density at radius 2 is 2.10 bits per heavy atom. The summed E-state index contributed by atoms with van der Waals surface area (Å²) in [6.07, 6.45) is 1.63. The Morgan fingerprint density at radius 3 is 2.86 bits per heavy atom. The number of sulfonamides is 1. The lowest BCUT2D eigenvalue weighted by Crippen LogP contribution is -2.38. The Labute approximate surface area is 122 Å². The van der Waals surface area contributed by atoms with Crippen LogP contribution in [0.5, 0.6) is 0 Å². The number of rotatable bonds is 4. The first kappa shape index (κ1) is 14.3. The predicted molar refractivity (Wildman–Crippen MR) is 77.7 cm³/mol. The number of ether oxygens (including phenoxy) is 1. The first-order chi connectivity index (χ1) is 10.0. The van der Waals surface area contributed by atoms with Gasteiger partial charge in [-0.05, 0) is 31.0 Å². The van der Waals surface area contributed by atoms with Crippen molar-refractivity contribution in [3.63, 3.8) is 0 Å². The Hall–Kier alpha value is -1.64. The van der Waals surface area contributed by atoms with E-state index in [4.69, 9.17) is 4.74 Å². The summed E-state index contributed by atoms with van der Waals surface area (Å²) in [5.41, 5.74) is 0.732. The van der Waals surface area contributed by atoms with Crippen molar-refractivity contribution in [1.29, 1.82) is 0 Å². The van der Waals surface area contributed by atoms with Gasteiger partial charge in [-0.25, -0.2) is 13.2 Å². The van der Waals surface area contributed by atoms with E-state index in [0.29, 0.717) is 24.2 Å². The fourth-order valence-electron chi connectivity index (χ4n) is 2.79. The quantitative estimate of drug-likeness (QED) is 0.867. The lowest BCUT2D eigenvalue weighted by atomic mass is 10.2. The molecule has 1 aromatic carbocycles. The van der Waals surface area contributed by atoms with E-state index in [1.807, 2.05) is 0 Å². The minimum Gasteiger partial charge on any atom is -0.383 e. The molecule has 0 bridgehead atoms. The number of methoxy groups -OCH3 is 1. The third kappa shape index (κ3) is 2.50. The summed E-state index contributed by atoms with van der Waals surface area (Å²) in [5, 5.41) is 0. The average molecular weight is 311 g/mol. The first-order valence-corrected chi connectivity index (χ1v) is 8.19. The van der Waals surface area contributed by atoms with Gasteiger partial charge in [0.05, 0.1) is 22.5 Å². The maximum atomic E-state index is 12.7. The molecule has 1 aliphatic heterocycles. The van der Waals surface area contributed by atoms with Gasteiger partial charge in [0, 0.05) is 19.7 Å². The van der Waals surface area contributed by atoms with Crippen molar-refractivity contribution in [3.05, 3.63) is 28.7 Å². The van der Waals surface area contributed by atoms with Crippen molar-refractivity contribution in [3.8, 4) is 0 Å². The highest BCUT2D eigenvalue weighted by molar-refractivity contribution is 7.89. The van der Waals surface area contributed by atoms with Crippen LogP contribution in [0.2, 0.25) is 0 Å². The predicted octanol–water partition coefficient (Wildman–Crippen LogP) is 0.656. The van der Waals surface area contributed by atoms with Crippen molar-refractivity contribution in [2.45, 2.75) is 23.8 Å². The van der Waals surface area contributed by atoms with Crippen LogP contribution in [0.3, 0.4) is 0 Å². The van der Waals surface area contributed by atoms with Gasteiger partial charge in [0.1, 0.15) is 0 Å². The highest BCUT2D eigenvalue weighted by atomic mass is 32.2. The molecule has 0 radical (unpaired) electrons. The number of nitrogens with zero attached hydrogens (tertiary/aromatic N) is 1. The van der Waals surface area contributed by atoms with Crippen molar-refractivity contribution >= 4 is 21.1 Å². The van der Waals surface area contributed by atoms with Gasteiger partial charge in [-0.15, -0.1) is 0 Å². The van der Waals surface area contributed by atoms with E-state index in [1.54, 1.807) is 13.2 Å². The lowest BCUT2D eigenvalue weighted by Gasteiger charge is -2.23. The normalized spacial score (nSPS) is 20.3. The van der Waals surface area contributed by atoms with E-state index in [9.17, 15) is 13.2 Å². The Morgan fingerprint density at radius 1 is 1.33 bits per heavy atom. The summed E-state index contributed by atoms with van der Waals surface area (Å²) >= 11 is 0. The fraction of sp³-hybridized carbons (Fsp3) is 0.462. The number of aromatic amines is 2. The molecule has 1 atom stereocenters. The van der Waals surface area contributed by atoms with Gasteiger partial charge >= 0.3 is 5.69 Å². The van der Waals surface area contributed by atoms with E-state index < -0.39 is 10.0 Å². The van der Waals surface area contributed by atoms with Crippen LogP contribution in [0.25, 0.3) is 11.0 Å². The van der Waals surface area contributed by atoms with Crippen LogP contribution in [0.1, 0.15) is 12.8 Å². The Balaban J connectivity index is 2.01. The van der Waals surface area contributed by atoms with Gasteiger partial charge < -0.3 is 14.7 Å². The van der Waals surface area contributed by atoms with Crippen LogP contribution >= 0.6 is 0 Å². The molecular formula is C13H17N3O4S. The molecular weight excluding hydrogens is 294 g/mol. The van der Waals surface area contributed by atoms with Crippen molar-refractivity contribution in [1.82, 2.24) is 14.3 Å². The van der Waals surface area contributed by atoms with Crippen LogP contribution < -0.4 is 5.69 Å². The van der Waals surface area contributed by atoms with Crippen LogP contribution in [0.15, 0.2) is 27.9 Å². The molecule has 114 valence electrons. The zero-order chi connectivity index (χ0) is 15.0. The summed E-state index contributed by atoms with van der Waals surface area (Å²) < 4.78 is 32.1. The molecule has 1 saturated heterocycles. The molecule has 8 heteroatoms. The van der Waals surface area contributed by atoms with Gasteiger partial charge in [0.25, 0.3) is 0 Å². The summed E-state index contributed by atoms with van der Waals surface area (Å²) in [7, 11) is -2.01. The van der Waals surface area contributed by atoms with E-state index in [1.165, 1.54) is 16.4 Å². The molecule has 1 fully saturated rings. The Kier molecular flexibility index (Phi) is 3.60. The minimum absolute atomic E-state index is 0.124. The third-order valence-electron chi connectivity index (χ3n) is 3.78. The molecule has 7 nitrogen and oxygen atoms in total. The zero-order valence-corrected chi connectivity index (χ0v) is 12.4. The van der Waals surface area contributed by atoms with E-state index in [2.05, 4.69) is 9.97 Å². The highest BCUT2D eigenvalue weighted by Gasteiger charge is 2.35. The average Bonchev–Trinajstić information content (AvgIpc) is 3.03. The SMILES string of the molecule is COCC1CCCN1S(=O)(=O)c1ccc2[nH]c(=O)[nH]c2c1. The largest absolute Gasteiger partial charge is 0.383 e. The second-order valence-corrected chi connectivity index (χ2v) is 7.04. The zero-order valence-electron chi connectivity index (χ0n) is 11.6. The minimum atomic E-state index is -3.57. The summed E-state index contributed by atoms with van der Waals surface area (Å²) in [6.45, 7) is 0.889. The molecule has 0 saturated carbocycles. The number of imidazole rings is 1. The first-order valence-electron chi connectivity index (χ1n) is 6.75. The molecule has 0 spiro atoms. The van der Waals surface area contributed by atoms with Crippen LogP contribution in [-0.4, -0.2) is 49.0 Å². The number of hydrogen-bond donors (Lipinski definition) is 2. The molecule has 2 N–H and O–H groups in total. The van der Waals surface area contributed by atoms with E-state index >= 15 is 0 Å². The van der Waals surface area contributed by atoms with Crippen LogP contribution in [-0.2, 0) is 14.8 Å². The second-order valence-electron chi connectivity index (χ2n) is 5.15. The van der Waals surface area contributed by atoms with Crippen LogP contribution in [0.4, 0.5) is 0 Å². The molecule has 2 heterocycles. The molecule has 3 rings (SSSR count). The van der Waals surface area contributed by atoms with E-state index in [0.717, 1.165) is 12.8 Å². The van der Waals surface area contributed by atoms with E-state index in [-0.39, 0.29) is 16.6 Å². The molecule has 0 aliphatic carbocycles. The number of H-pyrrole nitrogens is 2. The number of nitrogens with one attached hydrogen (secondary N) is 2. The number of aromatic nitrogens is 2. The fourth-order valence-corrected chi connectivity index (χ4v) is 4.50. The molecule has 2 aromatic rings. The standard InChI is InChI=1S/C13H17N3O4S/c1-20-8-9-3-2-6-16(9)21(18,19)10-4-5-11-12(7-10)15-13(17)14-11/h4-5,7,9H,2-3,6,8H2,1H3,(H2,14,15,17). The number of fused-ring (bicyclic) bond motifs is 1. The smallest absolute Gasteiger partial charge is 0.323 e. The number of benzene rings is 1. The van der Waals surface area contributed by atoms with Gasteiger partial charge in [-0.3, -0.25) is 0 Å². The lowest BCUT2D eigenvalue weighted by molar-refractivity contribution is 0.149. The van der Waals surface area contributed by atoms with Crippen molar-refractivity contribution in [2.24, 2.45) is 0 Å². The molecule has 21 heavy (non-hydrogen) atoms. The number of hydrogen-bond acceptors (Lipinski definition) is 4. The molecule has 1 unspecified atom stereocenters. The van der Waals surface area contributed by atoms with Gasteiger partial charge in [0.2, 0.25) is 10.0 Å². The van der Waals surface area contributed by atoms with Gasteiger partial charge in [-0.2, -0.15) is 4.31 Å². The maximum absolute atomic E-state index is 12.7. The second kappa shape index (κ2) is 5.28. The highest BCUT2D eigenvalue weighted by Crippen LogP contribution is 2.27. The van der Waals surface area contributed by atoms with Gasteiger partial charge in [-0.1, -0.05) is 0 Å². The summed E-state index contributed by atoms with van der Waals surface area (Å²) in [5.74, 6) is 0. The van der Waals surface area contributed by atoms with Crippen LogP contribution in [0, 0.1) is 0 Å². The van der Waals surface area contributed by atoms with Crippen molar-refractivity contribution in [2.75, 3.05) is 20.3 Å². The van der Waals surface area contributed by atoms with Gasteiger partial charge in [0.15, 0.2) is 0 Å². The van der Waals surface area contributed by atoms with Crippen molar-refractivity contribution < 1.29 is 13.2 Å². The summed E-state index contributed by atoms with van der Waals surface area (Å²) in [6, 6.07) is 4.48. The maximum Gasteiger partial charge on any atom is 0.323 e. The molecule has 1 aromatic heterocycles. The monoisotopic (exact) mass is 311 g/mol. The summed E-state index contributed by atoms with van der Waals surface area (Å²) in [4.78, 5) is 16.6. The Bertz CT molecular complexity index is 808. The molecule has 1 aliphatic rings. The third-order valence-corrected chi connectivity index (χ3v) is 5.72. The topological polar surface area (TPSA) is 95.3 Å².